The highest BCUT2D eigenvalue weighted by Crippen LogP contribution is 2.44. The number of aromatic hydroxyl groups is 1. The van der Waals surface area contributed by atoms with Crippen LogP contribution in [0.25, 0.3) is 5.76 Å². The van der Waals surface area contributed by atoms with Crippen LogP contribution in [0.1, 0.15) is 17.2 Å². The maximum Gasteiger partial charge on any atom is 0.311 e. The lowest BCUT2D eigenvalue weighted by Crippen LogP contribution is -2.29. The molecular formula is C23H14BrFN2O6. The summed E-state index contributed by atoms with van der Waals surface area (Å²) in [6, 6.07) is 13.3. The lowest BCUT2D eigenvalue weighted by molar-refractivity contribution is -0.385. The van der Waals surface area contributed by atoms with Crippen molar-refractivity contribution in [3.05, 3.63) is 104 Å². The molecule has 0 radical (unpaired) electrons. The van der Waals surface area contributed by atoms with Crippen LogP contribution in [0.3, 0.4) is 0 Å². The molecule has 4 rings (SSSR count). The van der Waals surface area contributed by atoms with E-state index in [4.69, 9.17) is 0 Å². The lowest BCUT2D eigenvalue weighted by atomic mass is 9.94. The van der Waals surface area contributed by atoms with Crippen molar-refractivity contribution in [1.29, 1.82) is 0 Å². The summed E-state index contributed by atoms with van der Waals surface area (Å²) in [5.41, 5.74) is -0.657. The number of carbonyl (C=O) groups excluding carboxylic acids is 2. The average Bonchev–Trinajstić information content (AvgIpc) is 3.04. The van der Waals surface area contributed by atoms with Crippen LogP contribution in [-0.2, 0) is 9.59 Å². The molecule has 1 fully saturated rings. The van der Waals surface area contributed by atoms with Gasteiger partial charge in [-0.15, -0.1) is 0 Å². The van der Waals surface area contributed by atoms with Crippen LogP contribution >= 0.6 is 15.9 Å². The van der Waals surface area contributed by atoms with Crippen LogP contribution in [0.4, 0.5) is 15.8 Å². The summed E-state index contributed by atoms with van der Waals surface area (Å²) in [6.07, 6.45) is 0. The van der Waals surface area contributed by atoms with Gasteiger partial charge in [-0.2, -0.15) is 0 Å². The van der Waals surface area contributed by atoms with Gasteiger partial charge in [0.2, 0.25) is 0 Å². The zero-order valence-corrected chi connectivity index (χ0v) is 18.2. The number of halogens is 2. The number of rotatable bonds is 4. The smallest absolute Gasteiger partial charge is 0.311 e. The molecule has 1 unspecified atom stereocenters. The first kappa shape index (κ1) is 22.2. The van der Waals surface area contributed by atoms with E-state index in [0.29, 0.717) is 4.47 Å². The van der Waals surface area contributed by atoms with E-state index in [1.807, 2.05) is 0 Å². The summed E-state index contributed by atoms with van der Waals surface area (Å²) in [4.78, 5) is 37.5. The molecule has 1 aliphatic heterocycles. The fraction of sp³-hybridized carbons (Fsp3) is 0.0435. The quantitative estimate of drug-likeness (QED) is 0.170. The SMILES string of the molecule is O=C1C(=O)N(c2cccc(F)c2)C(c2ccc(O)c([N+](=O)[O-])c2)/C1=C(/O)c1ccc(Br)cc1. The Hall–Kier alpha value is -4.05. The van der Waals surface area contributed by atoms with Crippen molar-refractivity contribution in [1.82, 2.24) is 0 Å². The van der Waals surface area contributed by atoms with Crippen LogP contribution < -0.4 is 4.90 Å². The Morgan fingerprint density at radius 2 is 1.76 bits per heavy atom. The predicted octanol–water partition coefficient (Wildman–Crippen LogP) is 4.83. The van der Waals surface area contributed by atoms with Crippen molar-refractivity contribution in [3.8, 4) is 5.75 Å². The minimum Gasteiger partial charge on any atom is -0.507 e. The van der Waals surface area contributed by atoms with E-state index in [9.17, 15) is 34.3 Å². The van der Waals surface area contributed by atoms with Crippen molar-refractivity contribution < 1.29 is 29.1 Å². The molecule has 1 saturated heterocycles. The van der Waals surface area contributed by atoms with Gasteiger partial charge in [-0.05, 0) is 42.0 Å². The zero-order valence-electron chi connectivity index (χ0n) is 16.6. The molecule has 3 aromatic rings. The second-order valence-electron chi connectivity index (χ2n) is 7.16. The fourth-order valence-corrected chi connectivity index (χ4v) is 3.92. The molecule has 0 spiro atoms. The molecule has 8 nitrogen and oxygen atoms in total. The number of phenolic OH excluding ortho intramolecular Hbond substituents is 1. The maximum absolute atomic E-state index is 13.9. The van der Waals surface area contributed by atoms with Gasteiger partial charge in [0.05, 0.1) is 16.5 Å². The number of hydrogen-bond acceptors (Lipinski definition) is 6. The van der Waals surface area contributed by atoms with E-state index in [1.165, 1.54) is 30.3 Å². The van der Waals surface area contributed by atoms with E-state index in [0.717, 1.165) is 29.2 Å². The third kappa shape index (κ3) is 3.96. The molecule has 166 valence electrons. The van der Waals surface area contributed by atoms with Gasteiger partial charge in [0.1, 0.15) is 11.6 Å². The third-order valence-corrected chi connectivity index (χ3v) is 5.69. The molecule has 1 heterocycles. The molecule has 3 aromatic carbocycles. The van der Waals surface area contributed by atoms with E-state index in [2.05, 4.69) is 15.9 Å². The summed E-state index contributed by atoms with van der Waals surface area (Å²) < 4.78 is 14.7. The largest absolute Gasteiger partial charge is 0.507 e. The highest BCUT2D eigenvalue weighted by atomic mass is 79.9. The van der Waals surface area contributed by atoms with Gasteiger partial charge in [0.15, 0.2) is 5.75 Å². The third-order valence-electron chi connectivity index (χ3n) is 5.16. The first-order chi connectivity index (χ1) is 15.7. The molecule has 1 aliphatic rings. The molecule has 0 saturated carbocycles. The number of aliphatic hydroxyl groups excluding tert-OH is 1. The summed E-state index contributed by atoms with van der Waals surface area (Å²) in [7, 11) is 0. The van der Waals surface area contributed by atoms with Crippen LogP contribution in [-0.4, -0.2) is 26.8 Å². The molecule has 0 bridgehead atoms. The molecule has 0 aromatic heterocycles. The lowest BCUT2D eigenvalue weighted by Gasteiger charge is -2.25. The van der Waals surface area contributed by atoms with E-state index < -0.39 is 45.7 Å². The number of carbonyl (C=O) groups is 2. The van der Waals surface area contributed by atoms with Gasteiger partial charge in [0, 0.05) is 21.8 Å². The fourth-order valence-electron chi connectivity index (χ4n) is 3.66. The number of nitro groups is 1. The highest BCUT2D eigenvalue weighted by molar-refractivity contribution is 9.10. The molecule has 2 N–H and O–H groups in total. The second-order valence-corrected chi connectivity index (χ2v) is 8.08. The molecule has 1 atom stereocenters. The van der Waals surface area contributed by atoms with E-state index in [-0.39, 0.29) is 22.4 Å². The summed E-state index contributed by atoms with van der Waals surface area (Å²) in [6.45, 7) is 0. The number of nitrogens with zero attached hydrogens (tertiary/aromatic N) is 2. The number of nitro benzene ring substituents is 1. The Morgan fingerprint density at radius 3 is 2.39 bits per heavy atom. The van der Waals surface area contributed by atoms with Crippen LogP contribution in [0, 0.1) is 15.9 Å². The number of benzene rings is 3. The monoisotopic (exact) mass is 512 g/mol. The zero-order chi connectivity index (χ0) is 23.9. The average molecular weight is 513 g/mol. The Morgan fingerprint density at radius 1 is 1.06 bits per heavy atom. The Labute approximate surface area is 194 Å². The number of hydrogen-bond donors (Lipinski definition) is 2. The number of amides is 1. The van der Waals surface area contributed by atoms with Crippen molar-refractivity contribution >= 4 is 44.8 Å². The molecule has 1 amide bonds. The highest BCUT2D eigenvalue weighted by Gasteiger charge is 2.47. The Kier molecular flexibility index (Phi) is 5.69. The van der Waals surface area contributed by atoms with E-state index >= 15 is 0 Å². The molecule has 10 heteroatoms. The van der Waals surface area contributed by atoms with Gasteiger partial charge < -0.3 is 10.2 Å². The Bertz CT molecular complexity index is 1340. The van der Waals surface area contributed by atoms with Gasteiger partial charge in [-0.1, -0.05) is 40.2 Å². The Balaban J connectivity index is 1.99. The molecule has 33 heavy (non-hydrogen) atoms. The maximum atomic E-state index is 13.9. The first-order valence-corrected chi connectivity index (χ1v) is 10.3. The summed E-state index contributed by atoms with van der Waals surface area (Å²) >= 11 is 3.27. The summed E-state index contributed by atoms with van der Waals surface area (Å²) in [5, 5.41) is 32.2. The topological polar surface area (TPSA) is 121 Å². The first-order valence-electron chi connectivity index (χ1n) is 9.49. The molecule has 0 aliphatic carbocycles. The number of aliphatic hydroxyl groups is 1. The number of phenols is 1. The second kappa shape index (κ2) is 8.47. The van der Waals surface area contributed by atoms with Crippen LogP contribution in [0.15, 0.2) is 76.8 Å². The van der Waals surface area contributed by atoms with Gasteiger partial charge >= 0.3 is 5.69 Å². The van der Waals surface area contributed by atoms with Crippen LogP contribution in [0.2, 0.25) is 0 Å². The van der Waals surface area contributed by atoms with Crippen molar-refractivity contribution in [2.24, 2.45) is 0 Å². The predicted molar refractivity (Wildman–Crippen MR) is 120 cm³/mol. The van der Waals surface area contributed by atoms with E-state index in [1.54, 1.807) is 12.1 Å². The normalized spacial score (nSPS) is 17.4. The summed E-state index contributed by atoms with van der Waals surface area (Å²) in [5.74, 6) is -3.86. The standard InChI is InChI=1S/C23H14BrFN2O6/c24-14-7-4-12(5-8-14)21(29)19-20(13-6-9-18(28)17(10-13)27(32)33)26(23(31)22(19)30)16-3-1-2-15(25)11-16/h1-11,20,28-29H/b21-19-. The van der Waals surface area contributed by atoms with Gasteiger partial charge in [0.25, 0.3) is 11.7 Å². The van der Waals surface area contributed by atoms with Crippen molar-refractivity contribution in [2.45, 2.75) is 6.04 Å². The van der Waals surface area contributed by atoms with Gasteiger partial charge in [-0.25, -0.2) is 4.39 Å². The molecular weight excluding hydrogens is 499 g/mol. The number of ketones is 1. The van der Waals surface area contributed by atoms with Crippen LogP contribution in [0.5, 0.6) is 5.75 Å². The minimum absolute atomic E-state index is 0.0210. The van der Waals surface area contributed by atoms with Gasteiger partial charge in [-0.3, -0.25) is 24.6 Å². The number of Topliss-reactive ketones (excluding diaryl/α,β-unsaturated/α-hetero) is 1. The number of anilines is 1. The van der Waals surface area contributed by atoms with Crippen molar-refractivity contribution in [2.75, 3.05) is 4.90 Å². The van der Waals surface area contributed by atoms with Crippen molar-refractivity contribution in [3.63, 3.8) is 0 Å². The minimum atomic E-state index is -1.31.